The Morgan fingerprint density at radius 3 is 2.67 bits per heavy atom. The van der Waals surface area contributed by atoms with Crippen molar-refractivity contribution in [2.24, 2.45) is 5.41 Å². The standard InChI is InChI=1S/C14H28N2O2/c1-5-6-14(2,11-17)10-16-9-13(18)7-12(16)8-15(3)4/h11-13,18H,5-10H2,1-4H3. The van der Waals surface area contributed by atoms with Crippen molar-refractivity contribution in [1.82, 2.24) is 9.80 Å². The molecule has 3 unspecified atom stereocenters. The van der Waals surface area contributed by atoms with Crippen LogP contribution in [0.3, 0.4) is 0 Å². The monoisotopic (exact) mass is 256 g/mol. The maximum absolute atomic E-state index is 11.3. The average Bonchev–Trinajstić information content (AvgIpc) is 2.58. The zero-order valence-electron chi connectivity index (χ0n) is 12.2. The molecule has 0 bridgehead atoms. The third-order valence-electron chi connectivity index (χ3n) is 3.75. The third kappa shape index (κ3) is 4.34. The van der Waals surface area contributed by atoms with Crippen molar-refractivity contribution < 1.29 is 9.90 Å². The molecular weight excluding hydrogens is 228 g/mol. The average molecular weight is 256 g/mol. The minimum Gasteiger partial charge on any atom is -0.392 e. The second-order valence-corrected chi connectivity index (χ2v) is 6.26. The van der Waals surface area contributed by atoms with Gasteiger partial charge < -0.3 is 14.8 Å². The molecule has 3 atom stereocenters. The first-order chi connectivity index (χ1) is 8.40. The maximum atomic E-state index is 11.3. The lowest BCUT2D eigenvalue weighted by Crippen LogP contribution is -2.43. The van der Waals surface area contributed by atoms with Crippen LogP contribution in [-0.4, -0.2) is 67.1 Å². The van der Waals surface area contributed by atoms with Crippen LogP contribution in [0, 0.1) is 5.41 Å². The van der Waals surface area contributed by atoms with E-state index >= 15 is 0 Å². The van der Waals surface area contributed by atoms with Gasteiger partial charge in [-0.1, -0.05) is 20.3 Å². The Bertz CT molecular complexity index is 271. The summed E-state index contributed by atoms with van der Waals surface area (Å²) >= 11 is 0. The van der Waals surface area contributed by atoms with Crippen molar-refractivity contribution in [3.63, 3.8) is 0 Å². The normalized spacial score (nSPS) is 28.6. The van der Waals surface area contributed by atoms with E-state index in [1.807, 2.05) is 21.0 Å². The van der Waals surface area contributed by atoms with Crippen LogP contribution in [0.4, 0.5) is 0 Å². The van der Waals surface area contributed by atoms with Gasteiger partial charge >= 0.3 is 0 Å². The molecule has 1 aliphatic rings. The Morgan fingerprint density at radius 1 is 1.50 bits per heavy atom. The molecule has 1 N–H and O–H groups in total. The van der Waals surface area contributed by atoms with E-state index in [0.717, 1.165) is 38.6 Å². The van der Waals surface area contributed by atoms with E-state index in [0.29, 0.717) is 12.6 Å². The van der Waals surface area contributed by atoms with E-state index in [1.165, 1.54) is 0 Å². The summed E-state index contributed by atoms with van der Waals surface area (Å²) < 4.78 is 0. The number of aliphatic hydroxyl groups is 1. The third-order valence-corrected chi connectivity index (χ3v) is 3.75. The SMILES string of the molecule is CCCC(C)(C=O)CN1CC(O)CC1CN(C)C. The number of nitrogens with zero attached hydrogens (tertiary/aromatic N) is 2. The van der Waals surface area contributed by atoms with Crippen LogP contribution in [0.2, 0.25) is 0 Å². The van der Waals surface area contributed by atoms with Crippen LogP contribution in [0.1, 0.15) is 33.1 Å². The Balaban J connectivity index is 2.64. The van der Waals surface area contributed by atoms with E-state index in [-0.39, 0.29) is 11.5 Å². The molecule has 0 spiro atoms. The van der Waals surface area contributed by atoms with Crippen LogP contribution in [0.25, 0.3) is 0 Å². The van der Waals surface area contributed by atoms with Crippen molar-refractivity contribution in [2.45, 2.75) is 45.3 Å². The van der Waals surface area contributed by atoms with Crippen LogP contribution >= 0.6 is 0 Å². The Hall–Kier alpha value is -0.450. The minimum absolute atomic E-state index is 0.243. The highest BCUT2D eigenvalue weighted by Gasteiger charge is 2.35. The van der Waals surface area contributed by atoms with Gasteiger partial charge in [0.2, 0.25) is 0 Å². The molecule has 1 aliphatic heterocycles. The number of likely N-dealkylation sites (N-methyl/N-ethyl adjacent to an activating group) is 1. The number of carbonyl (C=O) groups is 1. The molecule has 0 aromatic rings. The van der Waals surface area contributed by atoms with Gasteiger partial charge in [0.1, 0.15) is 6.29 Å². The first-order valence-corrected chi connectivity index (χ1v) is 6.93. The van der Waals surface area contributed by atoms with Crippen LogP contribution < -0.4 is 0 Å². The van der Waals surface area contributed by atoms with Crippen LogP contribution in [0.5, 0.6) is 0 Å². The molecule has 1 fully saturated rings. The molecule has 0 aliphatic carbocycles. The first-order valence-electron chi connectivity index (χ1n) is 6.93. The molecule has 1 heterocycles. The zero-order valence-corrected chi connectivity index (χ0v) is 12.2. The van der Waals surface area contributed by atoms with Crippen molar-refractivity contribution in [2.75, 3.05) is 33.7 Å². The van der Waals surface area contributed by atoms with Crippen molar-refractivity contribution in [1.29, 1.82) is 0 Å². The van der Waals surface area contributed by atoms with E-state index in [9.17, 15) is 9.90 Å². The van der Waals surface area contributed by atoms with E-state index in [4.69, 9.17) is 0 Å². The van der Waals surface area contributed by atoms with Crippen molar-refractivity contribution in [3.8, 4) is 0 Å². The minimum atomic E-state index is -0.274. The smallest absolute Gasteiger partial charge is 0.127 e. The second kappa shape index (κ2) is 6.64. The highest BCUT2D eigenvalue weighted by Crippen LogP contribution is 2.27. The molecule has 1 saturated heterocycles. The van der Waals surface area contributed by atoms with Crippen molar-refractivity contribution >= 4 is 6.29 Å². The zero-order chi connectivity index (χ0) is 13.8. The highest BCUT2D eigenvalue weighted by atomic mass is 16.3. The summed E-state index contributed by atoms with van der Waals surface area (Å²) in [7, 11) is 4.10. The predicted octanol–water partition coefficient (Wildman–Crippen LogP) is 0.989. The van der Waals surface area contributed by atoms with E-state index in [1.54, 1.807) is 0 Å². The van der Waals surface area contributed by atoms with Gasteiger partial charge in [-0.05, 0) is 26.9 Å². The van der Waals surface area contributed by atoms with Crippen molar-refractivity contribution in [3.05, 3.63) is 0 Å². The maximum Gasteiger partial charge on any atom is 0.127 e. The Morgan fingerprint density at radius 2 is 2.17 bits per heavy atom. The van der Waals surface area contributed by atoms with Gasteiger partial charge in [-0.2, -0.15) is 0 Å². The Labute approximate surface area is 111 Å². The number of aliphatic hydroxyl groups excluding tert-OH is 1. The van der Waals surface area contributed by atoms with Gasteiger partial charge in [0.05, 0.1) is 6.10 Å². The fourth-order valence-corrected chi connectivity index (χ4v) is 2.97. The number of likely N-dealkylation sites (tertiary alicyclic amines) is 1. The molecular formula is C14H28N2O2. The summed E-state index contributed by atoms with van der Waals surface area (Å²) in [6.45, 7) is 6.54. The lowest BCUT2D eigenvalue weighted by molar-refractivity contribution is -0.117. The number of aldehydes is 1. The van der Waals surface area contributed by atoms with E-state index in [2.05, 4.69) is 16.7 Å². The molecule has 4 heteroatoms. The number of carbonyl (C=O) groups excluding carboxylic acids is 1. The number of hydrogen-bond acceptors (Lipinski definition) is 4. The number of rotatable bonds is 7. The lowest BCUT2D eigenvalue weighted by Gasteiger charge is -2.33. The summed E-state index contributed by atoms with van der Waals surface area (Å²) in [4.78, 5) is 15.7. The summed E-state index contributed by atoms with van der Waals surface area (Å²) in [5.74, 6) is 0. The van der Waals surface area contributed by atoms with Gasteiger partial charge in [0.15, 0.2) is 0 Å². The number of hydrogen-bond donors (Lipinski definition) is 1. The Kier molecular flexibility index (Phi) is 5.76. The topological polar surface area (TPSA) is 43.8 Å². The van der Waals surface area contributed by atoms with Gasteiger partial charge in [0.25, 0.3) is 0 Å². The quantitative estimate of drug-likeness (QED) is 0.690. The van der Waals surface area contributed by atoms with Gasteiger partial charge in [-0.15, -0.1) is 0 Å². The fourth-order valence-electron chi connectivity index (χ4n) is 2.97. The van der Waals surface area contributed by atoms with Gasteiger partial charge in [-0.25, -0.2) is 0 Å². The summed E-state index contributed by atoms with van der Waals surface area (Å²) in [6.07, 6.45) is 3.60. The molecule has 0 amide bonds. The van der Waals surface area contributed by atoms with Crippen LogP contribution in [0.15, 0.2) is 0 Å². The number of β-amino-alcohol motifs (C(OH)–C–C–N with tert-alkyl or cyclic N) is 1. The molecule has 0 aromatic carbocycles. The molecule has 106 valence electrons. The predicted molar refractivity (Wildman–Crippen MR) is 73.6 cm³/mol. The molecule has 1 rings (SSSR count). The molecule has 4 nitrogen and oxygen atoms in total. The molecule has 0 radical (unpaired) electrons. The molecule has 18 heavy (non-hydrogen) atoms. The largest absolute Gasteiger partial charge is 0.392 e. The second-order valence-electron chi connectivity index (χ2n) is 6.26. The lowest BCUT2D eigenvalue weighted by atomic mass is 9.86. The summed E-state index contributed by atoms with van der Waals surface area (Å²) in [5, 5.41) is 9.83. The van der Waals surface area contributed by atoms with Gasteiger partial charge in [0, 0.05) is 31.1 Å². The molecule has 0 aromatic heterocycles. The first kappa shape index (κ1) is 15.6. The van der Waals surface area contributed by atoms with Crippen LogP contribution in [-0.2, 0) is 4.79 Å². The van der Waals surface area contributed by atoms with Gasteiger partial charge in [-0.3, -0.25) is 4.90 Å². The summed E-state index contributed by atoms with van der Waals surface area (Å²) in [6, 6.07) is 0.367. The summed E-state index contributed by atoms with van der Waals surface area (Å²) in [5.41, 5.74) is -0.274. The molecule has 0 saturated carbocycles. The fraction of sp³-hybridized carbons (Fsp3) is 0.929. The van der Waals surface area contributed by atoms with E-state index < -0.39 is 0 Å². The highest BCUT2D eigenvalue weighted by molar-refractivity contribution is 5.59.